The molecule has 16 heteroatoms. The monoisotopic (exact) mass is 1780 g/mol. The van der Waals surface area contributed by atoms with Gasteiger partial charge in [-0.25, -0.2) is 15.0 Å². The molecule has 13 heterocycles. The molecule has 4 N–H and O–H groups in total. The number of fused-ring (bicyclic) bond motifs is 17. The standard InChI is InChI=1S/C106H86Br3N13/c1-5-8-10-20-58-106(59-21-11-9-6-2)78-62-68(33-40-76(78)77-41-34-69(63-79(77)106)100-87-46-48-91(117-87)102(85-43-36-71(65-113-85)82-29-19-23-61-111-82)92-51-55-96(120-92)105(109)98-57-56-97(121-98)104(108)95-54-50-89(100)119-95)99-86-45-47-90(116-86)101(84-42-35-70(64-112-84)81-28-18-22-60-110-81)80(7-3)114-66(4)75(83-44-52-93(115-83)103(107)94-53-49-88(99)118-94)39-32-67-30-37-74(38-31-67)122(72-24-14-12-15-25-72)73-26-16-13-17-27-73/h7,12-19,22-57,60-65,115-116,119-120H,3,5-6,8-11,20-21,58-59H2,1-2,4H3/b39-32+,75-66?,83-75?,99-86?,99-88?,100-87?,100-89?,101-80?,101-90?,102-91?,102-92?,103-93?,103-94?,104-95?,104-97?,105-96?,105-98?,114-66?,114-80?. The van der Waals surface area contributed by atoms with Gasteiger partial charge in [0.05, 0.1) is 104 Å². The second kappa shape index (κ2) is 34.5. The van der Waals surface area contributed by atoms with Crippen molar-refractivity contribution < 1.29 is 0 Å². The van der Waals surface area contributed by atoms with E-state index >= 15 is 0 Å². The summed E-state index contributed by atoms with van der Waals surface area (Å²) in [6.07, 6.45) is 37.2. The fraction of sp³-hybridized carbons (Fsp3) is 0.132. The average molecular weight is 1780 g/mol. The number of aromatic amines is 4. The van der Waals surface area contributed by atoms with Crippen molar-refractivity contribution in [3.63, 3.8) is 0 Å². The summed E-state index contributed by atoms with van der Waals surface area (Å²) in [7, 11) is 0. The molecule has 5 aromatic carbocycles. The number of halogens is 3. The van der Waals surface area contributed by atoms with E-state index in [1.54, 1.807) is 0 Å². The van der Waals surface area contributed by atoms with E-state index in [9.17, 15) is 0 Å². The quantitative estimate of drug-likeness (QED) is 0.0483. The van der Waals surface area contributed by atoms with Crippen LogP contribution >= 0.6 is 47.8 Å². The Bertz CT molecular complexity index is 6970. The highest BCUT2D eigenvalue weighted by molar-refractivity contribution is 9.11. The van der Waals surface area contributed by atoms with Crippen LogP contribution in [0.5, 0.6) is 0 Å². The minimum absolute atomic E-state index is 0.391. The first-order valence-corrected chi connectivity index (χ1v) is 44.3. The zero-order chi connectivity index (χ0) is 82.8. The Labute approximate surface area is 734 Å². The van der Waals surface area contributed by atoms with E-state index in [0.717, 1.165) is 251 Å². The molecule has 19 rings (SSSR count). The number of pyridine rings is 4. The highest BCUT2D eigenvalue weighted by Gasteiger charge is 2.43. The van der Waals surface area contributed by atoms with Crippen molar-refractivity contribution in [1.29, 1.82) is 0 Å². The predicted octanol–water partition coefficient (Wildman–Crippen LogP) is 29.8. The smallest absolute Gasteiger partial charge is 0.0801 e. The molecule has 122 heavy (non-hydrogen) atoms. The predicted molar refractivity (Wildman–Crippen MR) is 518 cm³/mol. The van der Waals surface area contributed by atoms with Gasteiger partial charge < -0.3 is 24.8 Å². The molecule has 0 spiro atoms. The van der Waals surface area contributed by atoms with Crippen molar-refractivity contribution in [3.05, 3.63) is 343 Å². The van der Waals surface area contributed by atoms with Crippen molar-refractivity contribution in [2.75, 3.05) is 4.90 Å². The molecular formula is C106H86Br3N13. The van der Waals surface area contributed by atoms with Gasteiger partial charge in [-0.3, -0.25) is 24.9 Å². The molecule has 0 radical (unpaired) electrons. The third-order valence-corrected chi connectivity index (χ3v) is 26.2. The second-order valence-corrected chi connectivity index (χ2v) is 33.8. The lowest BCUT2D eigenvalue weighted by Crippen LogP contribution is -2.25. The minimum Gasteiger partial charge on any atom is -0.354 e. The summed E-state index contributed by atoms with van der Waals surface area (Å²) in [6.45, 7) is 11.2. The highest BCUT2D eigenvalue weighted by Crippen LogP contribution is 2.57. The zero-order valence-corrected chi connectivity index (χ0v) is 72.6. The molecule has 14 bridgehead atoms. The van der Waals surface area contributed by atoms with Gasteiger partial charge >= 0.3 is 0 Å². The van der Waals surface area contributed by atoms with Crippen LogP contribution in [0.3, 0.4) is 0 Å². The number of unbranched alkanes of at least 4 members (excludes halogenated alkanes) is 6. The van der Waals surface area contributed by atoms with E-state index in [4.69, 9.17) is 34.9 Å². The maximum atomic E-state index is 5.73. The second-order valence-electron chi connectivity index (χ2n) is 31.4. The molecule has 1 aliphatic carbocycles. The van der Waals surface area contributed by atoms with Crippen LogP contribution < -0.4 is 4.90 Å². The van der Waals surface area contributed by atoms with Crippen LogP contribution in [0.4, 0.5) is 17.1 Å². The number of aryl methyl sites for hydroxylation is 1. The molecule has 15 aromatic rings. The molecule has 0 saturated heterocycles. The molecule has 4 aliphatic rings. The summed E-state index contributed by atoms with van der Waals surface area (Å²) in [4.78, 5) is 59.9. The molecule has 13 nitrogen and oxygen atoms in total. The summed E-state index contributed by atoms with van der Waals surface area (Å²) in [5.74, 6) is 0. The maximum absolute atomic E-state index is 5.73. The largest absolute Gasteiger partial charge is 0.354 e. The van der Waals surface area contributed by atoms with Crippen molar-refractivity contribution in [2.24, 2.45) is 0 Å². The molecule has 0 saturated carbocycles. The fourth-order valence-corrected chi connectivity index (χ4v) is 19.0. The first-order valence-electron chi connectivity index (χ1n) is 41.9. The van der Waals surface area contributed by atoms with Gasteiger partial charge in [-0.15, -0.1) is 0 Å². The summed E-state index contributed by atoms with van der Waals surface area (Å²) in [5, 5.41) is 0. The maximum Gasteiger partial charge on any atom is 0.0801 e. The highest BCUT2D eigenvalue weighted by atomic mass is 79.9. The summed E-state index contributed by atoms with van der Waals surface area (Å²) >= 11 is 12.1. The van der Waals surface area contributed by atoms with E-state index in [-0.39, 0.29) is 0 Å². The van der Waals surface area contributed by atoms with Crippen molar-refractivity contribution in [2.45, 2.75) is 90.4 Å². The molecule has 0 fully saturated rings. The number of nitrogens with zero attached hydrogens (tertiary/aromatic N) is 9. The van der Waals surface area contributed by atoms with E-state index in [1.165, 1.54) is 22.3 Å². The van der Waals surface area contributed by atoms with Gasteiger partial charge in [0.25, 0.3) is 0 Å². The Morgan fingerprint density at radius 1 is 0.361 bits per heavy atom. The summed E-state index contributed by atoms with van der Waals surface area (Å²) < 4.78 is 2.51. The van der Waals surface area contributed by atoms with Gasteiger partial charge in [-0.1, -0.05) is 169 Å². The molecule has 596 valence electrons. The molecular weight excluding hydrogens is 1690 g/mol. The number of anilines is 3. The number of benzene rings is 5. The van der Waals surface area contributed by atoms with E-state index in [0.29, 0.717) is 11.4 Å². The third-order valence-electron chi connectivity index (χ3n) is 23.7. The lowest BCUT2D eigenvalue weighted by Gasteiger charge is -2.33. The topological polar surface area (TPSA) is 170 Å². The van der Waals surface area contributed by atoms with E-state index < -0.39 is 5.41 Å². The van der Waals surface area contributed by atoms with Crippen LogP contribution in [-0.4, -0.2) is 59.8 Å². The van der Waals surface area contributed by atoms with Gasteiger partial charge in [-0.2, -0.15) is 0 Å². The minimum atomic E-state index is -0.391. The number of nitrogens with one attached hydrogen (secondary N) is 4. The molecule has 0 amide bonds. The fourth-order valence-electron chi connectivity index (χ4n) is 17.7. The van der Waals surface area contributed by atoms with Crippen LogP contribution in [0.25, 0.3) is 177 Å². The third kappa shape index (κ3) is 15.4. The Morgan fingerprint density at radius 2 is 0.770 bits per heavy atom. The number of para-hydroxylation sites is 2. The summed E-state index contributed by atoms with van der Waals surface area (Å²) in [5.41, 5.74) is 33.8. The van der Waals surface area contributed by atoms with Gasteiger partial charge in [0.1, 0.15) is 0 Å². The lowest BCUT2D eigenvalue weighted by molar-refractivity contribution is 0.401. The Kier molecular flexibility index (Phi) is 22.3. The summed E-state index contributed by atoms with van der Waals surface area (Å²) in [6, 6.07) is 81.5. The Hall–Kier alpha value is -13.1. The molecule has 0 atom stereocenters. The number of hydrogen-bond acceptors (Lipinski definition) is 9. The zero-order valence-electron chi connectivity index (χ0n) is 67.9. The van der Waals surface area contributed by atoms with E-state index in [2.05, 4.69) is 342 Å². The number of rotatable bonds is 22. The number of hydrogen-bond donors (Lipinski definition) is 4. The normalized spacial score (nSPS) is 12.6. The SMILES string of the molecule is C=Cc1nc(C)c(/C=C/c2ccc(N(c3ccccc3)c3ccccc3)cc2)c2ccc([nH]2)c(Br)c2nc(c(-c3ccc4c(c3)C(CCCCCC)(CCCCCC)c3cc(-c5c6nc(c(-c7ccc(-c8ccccn8)cn7)c7ccc([nH]7)c(Br)c7nc(c(Br)c8ccc5[nH]8)C=C7)C=C6)ccc3-4)c3ccc([nH]3)c1-c1ccc(-c3ccccn3)cn1)C=C2. The van der Waals surface area contributed by atoms with Crippen LogP contribution in [0, 0.1) is 6.92 Å². The van der Waals surface area contributed by atoms with Crippen molar-refractivity contribution in [1.82, 2.24) is 59.8 Å². The van der Waals surface area contributed by atoms with Gasteiger partial charge in [-0.05, 0) is 295 Å². The number of H-pyrrole nitrogens is 4. The molecule has 3 aliphatic heterocycles. The number of aromatic nitrogens is 12. The first-order chi connectivity index (χ1) is 60.0. The van der Waals surface area contributed by atoms with Crippen molar-refractivity contribution in [3.8, 4) is 78.4 Å². The Balaban J connectivity index is 0.793. The van der Waals surface area contributed by atoms with Gasteiger partial charge in [0, 0.05) is 108 Å². The van der Waals surface area contributed by atoms with Crippen LogP contribution in [0.15, 0.2) is 275 Å². The molecule has 0 unspecified atom stereocenters. The Morgan fingerprint density at radius 3 is 1.25 bits per heavy atom. The van der Waals surface area contributed by atoms with Gasteiger partial charge in [0.15, 0.2) is 0 Å². The van der Waals surface area contributed by atoms with Gasteiger partial charge in [0.2, 0.25) is 0 Å². The van der Waals surface area contributed by atoms with Crippen LogP contribution in [0.2, 0.25) is 0 Å². The lowest BCUT2D eigenvalue weighted by atomic mass is 9.70. The van der Waals surface area contributed by atoms with Crippen molar-refractivity contribution >= 4 is 164 Å². The van der Waals surface area contributed by atoms with Crippen LogP contribution in [-0.2, 0) is 5.41 Å². The van der Waals surface area contributed by atoms with E-state index in [1.807, 2.05) is 73.3 Å². The molecule has 10 aromatic heterocycles. The first kappa shape index (κ1) is 78.7. The van der Waals surface area contributed by atoms with Crippen LogP contribution in [0.1, 0.15) is 146 Å². The average Bonchev–Trinajstić information content (AvgIpc) is 1.55.